The van der Waals surface area contributed by atoms with E-state index in [4.69, 9.17) is 23.4 Å². The molecule has 1 aromatic heterocycles. The van der Waals surface area contributed by atoms with Gasteiger partial charge in [0.25, 0.3) is 6.71 Å². The molecular formula is C50H53BN2O5. The van der Waals surface area contributed by atoms with Crippen molar-refractivity contribution in [2.45, 2.75) is 92.4 Å². The van der Waals surface area contributed by atoms with E-state index < -0.39 is 0 Å². The molecule has 5 aromatic carbocycles. The monoisotopic (exact) mass is 772 g/mol. The second kappa shape index (κ2) is 12.5. The normalized spacial score (nSPS) is 15.7. The van der Waals surface area contributed by atoms with Gasteiger partial charge in [-0.2, -0.15) is 0 Å². The molecule has 0 fully saturated rings. The summed E-state index contributed by atoms with van der Waals surface area (Å²) < 4.78 is 32.2. The minimum atomic E-state index is -0.172. The molecule has 10 rings (SSSR count). The number of rotatable bonds is 2. The van der Waals surface area contributed by atoms with Crippen LogP contribution in [-0.4, -0.2) is 33.1 Å². The molecule has 0 aliphatic carbocycles. The predicted molar refractivity (Wildman–Crippen MR) is 238 cm³/mol. The largest absolute Gasteiger partial charge is 0.486 e. The average Bonchev–Trinajstić information content (AvgIpc) is 3.55. The third-order valence-electron chi connectivity index (χ3n) is 12.4. The van der Waals surface area contributed by atoms with Crippen molar-refractivity contribution >= 4 is 68.4 Å². The third-order valence-corrected chi connectivity index (χ3v) is 12.4. The SMILES string of the molecule is Cc1cc(C(C)(C)C)cc(C)c1N1c2cc(C(C)(C)C)cc3c2B(c2cc4c(cc2N3c2ccc3c(c2)OCCO3)OCCO4)c2c1oc1ccc(C(C)(C)C)cc21. The van der Waals surface area contributed by atoms with Crippen molar-refractivity contribution in [3.05, 3.63) is 101 Å². The van der Waals surface area contributed by atoms with Crippen LogP contribution in [0.5, 0.6) is 23.0 Å². The van der Waals surface area contributed by atoms with Gasteiger partial charge in [-0.05, 0) is 111 Å². The van der Waals surface area contributed by atoms with E-state index in [1.165, 1.54) is 33.3 Å². The number of furan rings is 1. The second-order valence-corrected chi connectivity index (χ2v) is 19.7. The summed E-state index contributed by atoms with van der Waals surface area (Å²) in [5.74, 6) is 3.88. The summed E-state index contributed by atoms with van der Waals surface area (Å²) in [4.78, 5) is 4.85. The fraction of sp³-hybridized carbons (Fsp3) is 0.360. The Morgan fingerprint density at radius 1 is 0.500 bits per heavy atom. The van der Waals surface area contributed by atoms with Gasteiger partial charge in [0.15, 0.2) is 23.0 Å². The highest BCUT2D eigenvalue weighted by Crippen LogP contribution is 2.51. The Hall–Kier alpha value is -5.50. The molecule has 0 N–H and O–H groups in total. The molecule has 0 spiro atoms. The second-order valence-electron chi connectivity index (χ2n) is 19.7. The molecule has 7 nitrogen and oxygen atoms in total. The van der Waals surface area contributed by atoms with Gasteiger partial charge in [-0.15, -0.1) is 0 Å². The van der Waals surface area contributed by atoms with Gasteiger partial charge < -0.3 is 28.3 Å². The van der Waals surface area contributed by atoms with Crippen LogP contribution in [0.2, 0.25) is 0 Å². The van der Waals surface area contributed by atoms with Crippen molar-refractivity contribution in [2.24, 2.45) is 0 Å². The molecule has 4 aliphatic rings. The Balaban J connectivity index is 1.36. The quantitative estimate of drug-likeness (QED) is 0.162. The maximum atomic E-state index is 7.24. The lowest BCUT2D eigenvalue weighted by Gasteiger charge is -2.44. The van der Waals surface area contributed by atoms with Crippen LogP contribution in [0, 0.1) is 13.8 Å². The summed E-state index contributed by atoms with van der Waals surface area (Å²) in [6.07, 6.45) is 0. The summed E-state index contributed by atoms with van der Waals surface area (Å²) in [7, 11) is 0. The molecule has 0 saturated heterocycles. The van der Waals surface area contributed by atoms with E-state index in [-0.39, 0.29) is 23.0 Å². The Bertz CT molecular complexity index is 2670. The number of hydrogen-bond donors (Lipinski definition) is 0. The lowest BCUT2D eigenvalue weighted by molar-refractivity contribution is 0.171. The number of benzene rings is 5. The summed E-state index contributed by atoms with van der Waals surface area (Å²) in [5, 5.41) is 1.13. The van der Waals surface area contributed by atoms with Gasteiger partial charge in [0.1, 0.15) is 32.0 Å². The van der Waals surface area contributed by atoms with E-state index in [0.29, 0.717) is 26.4 Å². The standard InChI is InChI=1S/C50H53BN2O5/c1-28-20-31(49(6,7)8)21-29(2)46(28)53-38-24-32(50(9,10)11)23-37-45(38)51(44-34-22-30(48(3,4)5)12-14-39(34)58-47(44)53)35-26-42-43(57-19-18-56-42)27-36(35)52(37)33-13-15-40-41(25-33)55-17-16-54-40/h12-15,20-27H,16-19H2,1-11H3. The molecule has 8 heteroatoms. The highest BCUT2D eigenvalue weighted by Gasteiger charge is 2.48. The lowest BCUT2D eigenvalue weighted by Crippen LogP contribution is -2.61. The van der Waals surface area contributed by atoms with Crippen molar-refractivity contribution in [2.75, 3.05) is 36.2 Å². The van der Waals surface area contributed by atoms with Crippen LogP contribution < -0.4 is 45.1 Å². The van der Waals surface area contributed by atoms with Crippen molar-refractivity contribution < 1.29 is 23.4 Å². The first-order valence-electron chi connectivity index (χ1n) is 20.8. The summed E-state index contributed by atoms with van der Waals surface area (Å²) >= 11 is 0. The minimum absolute atomic E-state index is 0.000987. The van der Waals surface area contributed by atoms with E-state index in [2.05, 4.69) is 153 Å². The van der Waals surface area contributed by atoms with E-state index in [0.717, 1.165) is 79.2 Å². The van der Waals surface area contributed by atoms with Crippen LogP contribution in [0.25, 0.3) is 11.0 Å². The van der Waals surface area contributed by atoms with Crippen molar-refractivity contribution in [3.63, 3.8) is 0 Å². The van der Waals surface area contributed by atoms with Crippen LogP contribution in [0.3, 0.4) is 0 Å². The minimum Gasteiger partial charge on any atom is -0.486 e. The fourth-order valence-electron chi connectivity index (χ4n) is 9.36. The topological polar surface area (TPSA) is 56.5 Å². The van der Waals surface area contributed by atoms with Crippen LogP contribution in [-0.2, 0) is 16.2 Å². The summed E-state index contributed by atoms with van der Waals surface area (Å²) in [6, 6.07) is 27.1. The first kappa shape index (κ1) is 36.8. The number of anilines is 6. The number of hydrogen-bond acceptors (Lipinski definition) is 7. The number of ether oxygens (including phenoxy) is 4. The lowest BCUT2D eigenvalue weighted by atomic mass is 9.33. The van der Waals surface area contributed by atoms with Crippen LogP contribution in [0.1, 0.15) is 90.1 Å². The van der Waals surface area contributed by atoms with Crippen LogP contribution in [0.4, 0.5) is 34.3 Å². The zero-order valence-corrected chi connectivity index (χ0v) is 35.8. The maximum Gasteiger partial charge on any atom is 0.257 e. The van der Waals surface area contributed by atoms with E-state index >= 15 is 0 Å². The Kier molecular flexibility index (Phi) is 7.94. The van der Waals surface area contributed by atoms with Gasteiger partial charge in [-0.25, -0.2) is 0 Å². The van der Waals surface area contributed by atoms with E-state index in [1.54, 1.807) is 0 Å². The number of fused-ring (bicyclic) bond motifs is 8. The van der Waals surface area contributed by atoms with Crippen LogP contribution in [0.15, 0.2) is 77.2 Å². The summed E-state index contributed by atoms with van der Waals surface area (Å²) in [5.41, 5.74) is 15.8. The molecule has 5 heterocycles. The molecule has 0 unspecified atom stereocenters. The number of nitrogens with zero attached hydrogens (tertiary/aromatic N) is 2. The van der Waals surface area contributed by atoms with Gasteiger partial charge in [-0.3, -0.25) is 4.90 Å². The van der Waals surface area contributed by atoms with Gasteiger partial charge in [0.05, 0.1) is 11.4 Å². The van der Waals surface area contributed by atoms with Crippen molar-refractivity contribution in [1.29, 1.82) is 0 Å². The zero-order chi connectivity index (χ0) is 40.6. The highest BCUT2D eigenvalue weighted by atomic mass is 16.6. The molecule has 0 radical (unpaired) electrons. The molecule has 0 bridgehead atoms. The molecule has 4 aliphatic heterocycles. The Labute approximate surface area is 342 Å². The highest BCUT2D eigenvalue weighted by molar-refractivity contribution is 7.01. The van der Waals surface area contributed by atoms with Gasteiger partial charge in [0, 0.05) is 40.0 Å². The first-order valence-corrected chi connectivity index (χ1v) is 20.8. The van der Waals surface area contributed by atoms with Crippen LogP contribution >= 0.6 is 0 Å². The molecule has 58 heavy (non-hydrogen) atoms. The zero-order valence-electron chi connectivity index (χ0n) is 35.8. The number of aryl methyl sites for hydroxylation is 2. The van der Waals surface area contributed by atoms with Gasteiger partial charge in [0.2, 0.25) is 5.88 Å². The smallest absolute Gasteiger partial charge is 0.257 e. The molecule has 0 atom stereocenters. The average molecular weight is 773 g/mol. The third kappa shape index (κ3) is 5.61. The van der Waals surface area contributed by atoms with Crippen molar-refractivity contribution in [3.8, 4) is 23.0 Å². The Morgan fingerprint density at radius 2 is 1.05 bits per heavy atom. The molecular weight excluding hydrogens is 719 g/mol. The van der Waals surface area contributed by atoms with Crippen molar-refractivity contribution in [1.82, 2.24) is 0 Å². The molecule has 0 saturated carbocycles. The molecule has 296 valence electrons. The maximum absolute atomic E-state index is 7.24. The fourth-order valence-corrected chi connectivity index (χ4v) is 9.36. The molecule has 6 aromatic rings. The van der Waals surface area contributed by atoms with E-state index in [1.807, 2.05) is 6.07 Å². The first-order chi connectivity index (χ1) is 27.5. The van der Waals surface area contributed by atoms with Gasteiger partial charge >= 0.3 is 0 Å². The summed E-state index contributed by atoms with van der Waals surface area (Å²) in [6.45, 7) is 27.0. The predicted octanol–water partition coefficient (Wildman–Crippen LogP) is 10.6. The molecule has 0 amide bonds. The van der Waals surface area contributed by atoms with Gasteiger partial charge in [-0.1, -0.05) is 80.5 Å². The Morgan fingerprint density at radius 3 is 1.67 bits per heavy atom. The van der Waals surface area contributed by atoms with E-state index in [9.17, 15) is 0 Å².